The molecule has 0 aromatic heterocycles. The van der Waals surface area contributed by atoms with Crippen molar-refractivity contribution in [1.82, 2.24) is 0 Å². The summed E-state index contributed by atoms with van der Waals surface area (Å²) >= 11 is 3.53. The number of halogens is 1. The number of hydrogen-bond acceptors (Lipinski definition) is 4. The van der Waals surface area contributed by atoms with Crippen LogP contribution in [0.3, 0.4) is 0 Å². The maximum atomic E-state index is 5.68. The van der Waals surface area contributed by atoms with Crippen LogP contribution in [0.25, 0.3) is 0 Å². The lowest BCUT2D eigenvalue weighted by atomic mass is 10.2. The van der Waals surface area contributed by atoms with Crippen LogP contribution in [-0.4, -0.2) is 19.8 Å². The van der Waals surface area contributed by atoms with E-state index in [1.165, 1.54) is 0 Å². The van der Waals surface area contributed by atoms with Gasteiger partial charge in [-0.3, -0.25) is 0 Å². The molecule has 0 saturated carbocycles. The predicted octanol–water partition coefficient (Wildman–Crippen LogP) is 4.87. The Bertz CT molecular complexity index is 723. The summed E-state index contributed by atoms with van der Waals surface area (Å²) in [7, 11) is 0. The summed E-state index contributed by atoms with van der Waals surface area (Å²) in [5.74, 6) is 4.64. The van der Waals surface area contributed by atoms with E-state index in [1.807, 2.05) is 50.2 Å². The quantitative estimate of drug-likeness (QED) is 0.606. The molecule has 4 nitrogen and oxygen atoms in total. The fourth-order valence-electron chi connectivity index (χ4n) is 2.28. The van der Waals surface area contributed by atoms with Crippen molar-refractivity contribution in [2.75, 3.05) is 25.1 Å². The van der Waals surface area contributed by atoms with Crippen LogP contribution in [0.5, 0.6) is 17.2 Å². The van der Waals surface area contributed by atoms with E-state index in [9.17, 15) is 0 Å². The molecule has 0 bridgehead atoms. The smallest absolute Gasteiger partial charge is 0.176 e. The Morgan fingerprint density at radius 1 is 1.04 bits per heavy atom. The van der Waals surface area contributed by atoms with Gasteiger partial charge >= 0.3 is 0 Å². The molecule has 0 saturated heterocycles. The van der Waals surface area contributed by atoms with Crippen LogP contribution in [0.15, 0.2) is 40.9 Å². The average molecular weight is 404 g/mol. The van der Waals surface area contributed by atoms with Gasteiger partial charge in [-0.2, -0.15) is 0 Å². The van der Waals surface area contributed by atoms with Gasteiger partial charge in [-0.1, -0.05) is 5.92 Å². The lowest BCUT2D eigenvalue weighted by molar-refractivity contribution is 0.297. The normalized spacial score (nSPS) is 10.0. The molecule has 25 heavy (non-hydrogen) atoms. The van der Waals surface area contributed by atoms with Crippen molar-refractivity contribution >= 4 is 21.6 Å². The minimum atomic E-state index is 0.197. The zero-order valence-corrected chi connectivity index (χ0v) is 16.1. The number of terminal acetylenes is 1. The highest BCUT2D eigenvalue weighted by molar-refractivity contribution is 9.10. The molecule has 0 spiro atoms. The number of benzene rings is 2. The van der Waals surface area contributed by atoms with Crippen LogP contribution in [0.2, 0.25) is 0 Å². The van der Waals surface area contributed by atoms with Crippen LogP contribution in [-0.2, 0) is 6.54 Å². The number of nitrogens with one attached hydrogen (secondary N) is 1. The molecule has 0 fully saturated rings. The highest BCUT2D eigenvalue weighted by atomic mass is 79.9. The molecule has 0 heterocycles. The monoisotopic (exact) mass is 403 g/mol. The van der Waals surface area contributed by atoms with Gasteiger partial charge in [-0.25, -0.2) is 0 Å². The summed E-state index contributed by atoms with van der Waals surface area (Å²) in [6, 6.07) is 11.8. The Morgan fingerprint density at radius 3 is 2.40 bits per heavy atom. The third-order valence-corrected chi connectivity index (χ3v) is 3.92. The number of rotatable bonds is 9. The first-order valence-corrected chi connectivity index (χ1v) is 8.95. The van der Waals surface area contributed by atoms with Gasteiger partial charge < -0.3 is 19.5 Å². The predicted molar refractivity (Wildman–Crippen MR) is 105 cm³/mol. The zero-order valence-electron chi connectivity index (χ0n) is 14.5. The molecule has 2 aromatic carbocycles. The van der Waals surface area contributed by atoms with Gasteiger partial charge in [0.15, 0.2) is 11.5 Å². The lowest BCUT2D eigenvalue weighted by Gasteiger charge is -2.15. The fraction of sp³-hybridized carbons (Fsp3) is 0.300. The third kappa shape index (κ3) is 5.61. The summed E-state index contributed by atoms with van der Waals surface area (Å²) in [5, 5.41) is 3.38. The molecular weight excluding hydrogens is 382 g/mol. The first-order valence-electron chi connectivity index (χ1n) is 8.16. The second-order valence-electron chi connectivity index (χ2n) is 5.14. The molecule has 0 atom stereocenters. The second-order valence-corrected chi connectivity index (χ2v) is 6.00. The van der Waals surface area contributed by atoms with Crippen molar-refractivity contribution in [2.24, 2.45) is 0 Å². The largest absolute Gasteiger partial charge is 0.494 e. The van der Waals surface area contributed by atoms with E-state index in [-0.39, 0.29) is 6.61 Å². The van der Waals surface area contributed by atoms with Crippen LogP contribution in [0.4, 0.5) is 5.69 Å². The summed E-state index contributed by atoms with van der Waals surface area (Å²) in [5.41, 5.74) is 2.09. The van der Waals surface area contributed by atoms with E-state index >= 15 is 0 Å². The number of ether oxygens (including phenoxy) is 3. The molecule has 5 heteroatoms. The number of hydrogen-bond donors (Lipinski definition) is 1. The molecule has 0 unspecified atom stereocenters. The van der Waals surface area contributed by atoms with E-state index in [2.05, 4.69) is 27.2 Å². The summed E-state index contributed by atoms with van der Waals surface area (Å²) in [4.78, 5) is 0. The van der Waals surface area contributed by atoms with Crippen molar-refractivity contribution < 1.29 is 14.2 Å². The van der Waals surface area contributed by atoms with Crippen molar-refractivity contribution in [3.8, 4) is 29.6 Å². The second kappa shape index (κ2) is 9.85. The maximum absolute atomic E-state index is 5.68. The van der Waals surface area contributed by atoms with Gasteiger partial charge in [-0.05, 0) is 71.7 Å². The Balaban J connectivity index is 2.09. The van der Waals surface area contributed by atoms with E-state index in [4.69, 9.17) is 20.6 Å². The summed E-state index contributed by atoms with van der Waals surface area (Å²) in [6.45, 7) is 5.97. The van der Waals surface area contributed by atoms with Crippen molar-refractivity contribution in [3.05, 3.63) is 46.4 Å². The Morgan fingerprint density at radius 2 is 1.76 bits per heavy atom. The van der Waals surface area contributed by atoms with Gasteiger partial charge in [0.25, 0.3) is 0 Å². The highest BCUT2D eigenvalue weighted by Gasteiger charge is 2.12. The van der Waals surface area contributed by atoms with Gasteiger partial charge in [0.1, 0.15) is 12.4 Å². The van der Waals surface area contributed by atoms with E-state index < -0.39 is 0 Å². The van der Waals surface area contributed by atoms with Gasteiger partial charge in [-0.15, -0.1) is 6.42 Å². The van der Waals surface area contributed by atoms with Crippen LogP contribution in [0.1, 0.15) is 19.4 Å². The highest BCUT2D eigenvalue weighted by Crippen LogP contribution is 2.37. The van der Waals surface area contributed by atoms with Crippen molar-refractivity contribution in [1.29, 1.82) is 0 Å². The lowest BCUT2D eigenvalue weighted by Crippen LogP contribution is -2.04. The summed E-state index contributed by atoms with van der Waals surface area (Å²) in [6.07, 6.45) is 5.27. The van der Waals surface area contributed by atoms with Gasteiger partial charge in [0.2, 0.25) is 0 Å². The van der Waals surface area contributed by atoms with Crippen LogP contribution in [0, 0.1) is 12.3 Å². The molecule has 1 N–H and O–H groups in total. The molecule has 2 aromatic rings. The van der Waals surface area contributed by atoms with Crippen molar-refractivity contribution in [2.45, 2.75) is 20.4 Å². The minimum absolute atomic E-state index is 0.197. The molecule has 2 rings (SSSR count). The molecule has 132 valence electrons. The Labute approximate surface area is 157 Å². The number of anilines is 1. The standard InChI is InChI=1S/C20H22BrNO3/c1-4-11-25-20-18(21)12-15(13-19(20)24-6-3)14-22-16-7-9-17(10-8-16)23-5-2/h1,7-10,12-13,22H,5-6,11,14H2,2-3H3. The average Bonchev–Trinajstić information content (AvgIpc) is 2.61. The molecule has 0 radical (unpaired) electrons. The molecule has 0 amide bonds. The molecule has 0 aliphatic carbocycles. The third-order valence-electron chi connectivity index (χ3n) is 3.33. The SMILES string of the molecule is C#CCOc1c(Br)cc(CNc2ccc(OCC)cc2)cc1OCC. The van der Waals surface area contributed by atoms with E-state index in [0.29, 0.717) is 31.3 Å². The summed E-state index contributed by atoms with van der Waals surface area (Å²) < 4.78 is 17.5. The molecule has 0 aliphatic rings. The first-order chi connectivity index (χ1) is 12.2. The van der Waals surface area contributed by atoms with Crippen molar-refractivity contribution in [3.63, 3.8) is 0 Å². The van der Waals surface area contributed by atoms with Crippen LogP contribution < -0.4 is 19.5 Å². The van der Waals surface area contributed by atoms with Gasteiger partial charge in [0.05, 0.1) is 17.7 Å². The molecule has 0 aliphatic heterocycles. The minimum Gasteiger partial charge on any atom is -0.494 e. The maximum Gasteiger partial charge on any atom is 0.176 e. The van der Waals surface area contributed by atoms with E-state index in [0.717, 1.165) is 21.5 Å². The Hall–Kier alpha value is -2.32. The first kappa shape index (κ1) is 19.0. The topological polar surface area (TPSA) is 39.7 Å². The molecular formula is C20H22BrNO3. The van der Waals surface area contributed by atoms with Crippen LogP contribution >= 0.6 is 15.9 Å². The Kier molecular flexibility index (Phi) is 7.49. The fourth-order valence-corrected chi connectivity index (χ4v) is 2.88. The zero-order chi connectivity index (χ0) is 18.1. The van der Waals surface area contributed by atoms with E-state index in [1.54, 1.807) is 0 Å². The van der Waals surface area contributed by atoms with Gasteiger partial charge in [0, 0.05) is 12.2 Å².